The van der Waals surface area contributed by atoms with Crippen molar-refractivity contribution in [3.63, 3.8) is 0 Å². The normalized spacial score (nSPS) is 11.2. The lowest BCUT2D eigenvalue weighted by atomic mass is 10.2. The molecule has 0 unspecified atom stereocenters. The second kappa shape index (κ2) is 8.23. The first kappa shape index (κ1) is 18.4. The van der Waals surface area contributed by atoms with E-state index in [0.717, 1.165) is 21.8 Å². The van der Waals surface area contributed by atoms with Crippen molar-refractivity contribution in [2.75, 3.05) is 18.7 Å². The van der Waals surface area contributed by atoms with E-state index in [1.807, 2.05) is 6.07 Å². The summed E-state index contributed by atoms with van der Waals surface area (Å²) < 4.78 is 4.66. The van der Waals surface area contributed by atoms with Crippen molar-refractivity contribution >= 4 is 52.3 Å². The first-order valence-electron chi connectivity index (χ1n) is 6.68. The van der Waals surface area contributed by atoms with Crippen LogP contribution in [0.4, 0.5) is 5.69 Å². The lowest BCUT2D eigenvalue weighted by Gasteiger charge is -2.03. The summed E-state index contributed by atoms with van der Waals surface area (Å²) in [6, 6.07) is 8.88. The molecule has 126 valence electrons. The molecule has 0 aliphatic carbocycles. The molecule has 24 heavy (non-hydrogen) atoms. The third kappa shape index (κ3) is 4.31. The second-order valence-corrected chi connectivity index (χ2v) is 6.85. The van der Waals surface area contributed by atoms with Crippen molar-refractivity contribution in [3.05, 3.63) is 51.3 Å². The molecule has 0 saturated heterocycles. The molecule has 0 aliphatic heterocycles. The average molecular weight is 384 g/mol. The van der Waals surface area contributed by atoms with Gasteiger partial charge in [-0.25, -0.2) is 9.59 Å². The van der Waals surface area contributed by atoms with Crippen molar-refractivity contribution < 1.29 is 19.4 Å². The third-order valence-corrected chi connectivity index (χ3v) is 5.13. The highest BCUT2D eigenvalue weighted by atomic mass is 35.5. The molecule has 0 amide bonds. The molecule has 2 N–H and O–H groups in total. The maximum atomic E-state index is 11.6. The quantitative estimate of drug-likeness (QED) is 0.562. The monoisotopic (exact) mass is 383 g/mol. The van der Waals surface area contributed by atoms with Gasteiger partial charge in [-0.2, -0.15) is 0 Å². The Labute approximate surface area is 152 Å². The van der Waals surface area contributed by atoms with Gasteiger partial charge in [-0.05, 0) is 30.0 Å². The Hall–Kier alpha value is -1.96. The number of carboxylic acids is 1. The summed E-state index contributed by atoms with van der Waals surface area (Å²) in [7, 11) is 1.29. The molecule has 0 radical (unpaired) electrons. The van der Waals surface area contributed by atoms with Gasteiger partial charge in [0, 0.05) is 16.1 Å². The maximum Gasteiger partial charge on any atom is 0.348 e. The summed E-state index contributed by atoms with van der Waals surface area (Å²) in [6.07, 6.45) is 3.17. The summed E-state index contributed by atoms with van der Waals surface area (Å²) in [4.78, 5) is 24.3. The van der Waals surface area contributed by atoms with Crippen molar-refractivity contribution in [1.29, 1.82) is 0 Å². The van der Waals surface area contributed by atoms with Gasteiger partial charge in [-0.15, -0.1) is 23.1 Å². The Balaban J connectivity index is 2.38. The van der Waals surface area contributed by atoms with Gasteiger partial charge in [0.15, 0.2) is 0 Å². The molecule has 2 aromatic rings. The fourth-order valence-corrected chi connectivity index (χ4v) is 3.46. The zero-order chi connectivity index (χ0) is 17.7. The topological polar surface area (TPSA) is 75.6 Å². The fraction of sp³-hybridized carbons (Fsp3) is 0.125. The molecule has 0 spiro atoms. The molecule has 0 saturated carbocycles. The predicted octanol–water partition coefficient (Wildman–Crippen LogP) is 4.56. The van der Waals surface area contributed by atoms with E-state index in [9.17, 15) is 14.7 Å². The van der Waals surface area contributed by atoms with Crippen molar-refractivity contribution in [3.8, 4) is 10.4 Å². The smallest absolute Gasteiger partial charge is 0.348 e. The van der Waals surface area contributed by atoms with Crippen molar-refractivity contribution in [2.24, 2.45) is 0 Å². The van der Waals surface area contributed by atoms with Gasteiger partial charge in [0.05, 0.1) is 12.8 Å². The number of aromatic carboxylic acids is 1. The SMILES string of the molecule is COC(=O)/C(=C/Nc1cc(-c2cccc(Cl)c2)sc1C(=O)O)SC. The standard InChI is InChI=1S/C16H14ClNO4S2/c1-22-16(21)13(23-2)8-18-11-7-12(24-14(11)15(19)20)9-4-3-5-10(17)6-9/h3-8,18H,1-2H3,(H,19,20)/b13-8-. The summed E-state index contributed by atoms with van der Waals surface area (Å²) in [6.45, 7) is 0. The summed E-state index contributed by atoms with van der Waals surface area (Å²) in [5.41, 5.74) is 1.23. The zero-order valence-corrected chi connectivity index (χ0v) is 15.2. The molecule has 1 aromatic heterocycles. The molecular formula is C16H14ClNO4S2. The van der Waals surface area contributed by atoms with Crippen LogP contribution < -0.4 is 5.32 Å². The number of benzene rings is 1. The van der Waals surface area contributed by atoms with E-state index in [-0.39, 0.29) is 4.88 Å². The number of anilines is 1. The minimum absolute atomic E-state index is 0.145. The Morgan fingerprint density at radius 3 is 2.71 bits per heavy atom. The number of nitrogens with one attached hydrogen (secondary N) is 1. The van der Waals surface area contributed by atoms with Gasteiger partial charge in [0.25, 0.3) is 0 Å². The number of rotatable bonds is 6. The van der Waals surface area contributed by atoms with Gasteiger partial charge in [-0.3, -0.25) is 0 Å². The molecule has 1 heterocycles. The number of carboxylic acid groups (broad SMARTS) is 1. The van der Waals surface area contributed by atoms with Crippen LogP contribution in [-0.4, -0.2) is 30.4 Å². The van der Waals surface area contributed by atoms with Gasteiger partial charge < -0.3 is 15.2 Å². The highest BCUT2D eigenvalue weighted by molar-refractivity contribution is 8.03. The highest BCUT2D eigenvalue weighted by Crippen LogP contribution is 2.36. The highest BCUT2D eigenvalue weighted by Gasteiger charge is 2.17. The molecule has 1 aromatic carbocycles. The van der Waals surface area contributed by atoms with E-state index in [2.05, 4.69) is 10.1 Å². The van der Waals surface area contributed by atoms with Crippen LogP contribution in [-0.2, 0) is 9.53 Å². The number of thioether (sulfide) groups is 1. The predicted molar refractivity (Wildman–Crippen MR) is 99.0 cm³/mol. The molecule has 0 aliphatic rings. The van der Waals surface area contributed by atoms with Crippen LogP contribution in [0.5, 0.6) is 0 Å². The van der Waals surface area contributed by atoms with Gasteiger partial charge in [0.1, 0.15) is 9.78 Å². The summed E-state index contributed by atoms with van der Waals surface area (Å²) in [5.74, 6) is -1.54. The lowest BCUT2D eigenvalue weighted by Crippen LogP contribution is -2.04. The Bertz CT molecular complexity index is 801. The number of halogens is 1. The number of hydrogen-bond donors (Lipinski definition) is 2. The number of thiophene rings is 1. The van der Waals surface area contributed by atoms with Crippen LogP contribution in [0.1, 0.15) is 9.67 Å². The fourth-order valence-electron chi connectivity index (χ4n) is 1.89. The molecule has 8 heteroatoms. The molecule has 0 bridgehead atoms. The van der Waals surface area contributed by atoms with Crippen LogP contribution in [0.15, 0.2) is 41.4 Å². The second-order valence-electron chi connectivity index (χ2n) is 4.52. The maximum absolute atomic E-state index is 11.6. The van der Waals surface area contributed by atoms with Crippen LogP contribution in [0.3, 0.4) is 0 Å². The first-order valence-corrected chi connectivity index (χ1v) is 9.10. The van der Waals surface area contributed by atoms with Gasteiger partial charge in [-0.1, -0.05) is 23.7 Å². The number of hydrogen-bond acceptors (Lipinski definition) is 6. The van der Waals surface area contributed by atoms with E-state index in [4.69, 9.17) is 11.6 Å². The van der Waals surface area contributed by atoms with Crippen LogP contribution >= 0.6 is 34.7 Å². The molecule has 2 rings (SSSR count). The number of carbonyl (C=O) groups is 2. The minimum Gasteiger partial charge on any atom is -0.477 e. The molecular weight excluding hydrogens is 370 g/mol. The van der Waals surface area contributed by atoms with E-state index in [0.29, 0.717) is 15.6 Å². The van der Waals surface area contributed by atoms with E-state index >= 15 is 0 Å². The van der Waals surface area contributed by atoms with E-state index in [1.165, 1.54) is 25.1 Å². The van der Waals surface area contributed by atoms with Crippen LogP contribution in [0.25, 0.3) is 10.4 Å². The van der Waals surface area contributed by atoms with E-state index in [1.54, 1.807) is 30.5 Å². The van der Waals surface area contributed by atoms with E-state index < -0.39 is 11.9 Å². The zero-order valence-electron chi connectivity index (χ0n) is 12.8. The summed E-state index contributed by atoms with van der Waals surface area (Å²) >= 11 is 8.32. The molecule has 5 nitrogen and oxygen atoms in total. The summed E-state index contributed by atoms with van der Waals surface area (Å²) in [5, 5.41) is 12.8. The number of esters is 1. The van der Waals surface area contributed by atoms with Crippen molar-refractivity contribution in [2.45, 2.75) is 0 Å². The Kier molecular flexibility index (Phi) is 6.30. The Morgan fingerprint density at radius 2 is 2.12 bits per heavy atom. The van der Waals surface area contributed by atoms with Gasteiger partial charge in [0.2, 0.25) is 0 Å². The van der Waals surface area contributed by atoms with Crippen LogP contribution in [0.2, 0.25) is 5.02 Å². The number of methoxy groups -OCH3 is 1. The number of ether oxygens (including phenoxy) is 1. The number of carbonyl (C=O) groups excluding carboxylic acids is 1. The molecule has 0 atom stereocenters. The lowest BCUT2D eigenvalue weighted by molar-refractivity contribution is -0.135. The average Bonchev–Trinajstić information content (AvgIpc) is 2.99. The third-order valence-electron chi connectivity index (χ3n) is 3.00. The first-order chi connectivity index (χ1) is 11.5. The van der Waals surface area contributed by atoms with Crippen molar-refractivity contribution in [1.82, 2.24) is 0 Å². The van der Waals surface area contributed by atoms with Gasteiger partial charge >= 0.3 is 11.9 Å². The minimum atomic E-state index is -1.05. The molecule has 0 fully saturated rings. The largest absolute Gasteiger partial charge is 0.477 e. The Morgan fingerprint density at radius 1 is 1.38 bits per heavy atom. The van der Waals surface area contributed by atoms with Crippen LogP contribution in [0, 0.1) is 0 Å².